The van der Waals surface area contributed by atoms with Crippen molar-refractivity contribution in [2.45, 2.75) is 38.0 Å². The third-order valence-corrected chi connectivity index (χ3v) is 5.41. The third-order valence-electron chi connectivity index (χ3n) is 5.41. The van der Waals surface area contributed by atoms with Gasteiger partial charge in [-0.15, -0.1) is 0 Å². The number of hydrogen-bond donors (Lipinski definition) is 2. The molecule has 1 aromatic carbocycles. The van der Waals surface area contributed by atoms with Gasteiger partial charge in [-0.25, -0.2) is 4.98 Å². The van der Waals surface area contributed by atoms with E-state index in [0.717, 1.165) is 24.2 Å². The Bertz CT molecular complexity index is 1020. The highest BCUT2D eigenvalue weighted by atomic mass is 16.2. The molecule has 1 fully saturated rings. The van der Waals surface area contributed by atoms with E-state index < -0.39 is 0 Å². The first-order valence-electron chi connectivity index (χ1n) is 9.78. The van der Waals surface area contributed by atoms with E-state index in [4.69, 9.17) is 4.98 Å². The van der Waals surface area contributed by atoms with Crippen molar-refractivity contribution in [1.29, 1.82) is 0 Å². The minimum absolute atomic E-state index is 0.242. The summed E-state index contributed by atoms with van der Waals surface area (Å²) in [7, 11) is 1.57. The number of imidazole rings is 1. The van der Waals surface area contributed by atoms with Crippen LogP contribution in [0.2, 0.25) is 0 Å². The number of para-hydroxylation sites is 1. The van der Waals surface area contributed by atoms with E-state index in [1.54, 1.807) is 31.3 Å². The lowest BCUT2D eigenvalue weighted by Crippen LogP contribution is -2.21. The van der Waals surface area contributed by atoms with Gasteiger partial charge in [-0.2, -0.15) is 0 Å². The molecule has 2 N–H and O–H groups in total. The number of pyridine rings is 1. The number of rotatable bonds is 4. The molecule has 0 saturated heterocycles. The van der Waals surface area contributed by atoms with Crippen LogP contribution in [0.4, 0.5) is 5.69 Å². The van der Waals surface area contributed by atoms with Crippen molar-refractivity contribution >= 4 is 23.0 Å². The normalized spacial score (nSPS) is 14.8. The summed E-state index contributed by atoms with van der Waals surface area (Å²) in [6.07, 6.45) is 7.86. The lowest BCUT2D eigenvalue weighted by molar-refractivity contribution is 0.0964. The summed E-state index contributed by atoms with van der Waals surface area (Å²) in [5, 5.41) is 5.48. The number of amides is 2. The highest BCUT2D eigenvalue weighted by Crippen LogP contribution is 2.33. The van der Waals surface area contributed by atoms with Gasteiger partial charge in [-0.1, -0.05) is 37.5 Å². The molecule has 2 amide bonds. The number of carbonyl (C=O) groups is 2. The van der Waals surface area contributed by atoms with Gasteiger partial charge in [0.25, 0.3) is 11.8 Å². The van der Waals surface area contributed by atoms with Crippen LogP contribution in [0.5, 0.6) is 0 Å². The summed E-state index contributed by atoms with van der Waals surface area (Å²) in [6, 6.07) is 12.8. The molecule has 0 unspecified atom stereocenters. The van der Waals surface area contributed by atoms with Crippen LogP contribution in [0, 0.1) is 0 Å². The second kappa shape index (κ2) is 7.84. The summed E-state index contributed by atoms with van der Waals surface area (Å²) >= 11 is 0. The Labute approximate surface area is 164 Å². The third kappa shape index (κ3) is 3.38. The van der Waals surface area contributed by atoms with E-state index in [-0.39, 0.29) is 11.8 Å². The Balaban J connectivity index is 1.70. The van der Waals surface area contributed by atoms with Gasteiger partial charge in [0.2, 0.25) is 0 Å². The molecular weight excluding hydrogens is 352 g/mol. The molecular formula is C22H24N4O2. The Morgan fingerprint density at radius 2 is 1.75 bits per heavy atom. The van der Waals surface area contributed by atoms with Crippen molar-refractivity contribution in [2.24, 2.45) is 0 Å². The lowest BCUT2D eigenvalue weighted by atomic mass is 9.89. The van der Waals surface area contributed by atoms with E-state index in [1.807, 2.05) is 28.8 Å². The van der Waals surface area contributed by atoms with Crippen LogP contribution in [-0.4, -0.2) is 28.2 Å². The first-order chi connectivity index (χ1) is 13.7. The van der Waals surface area contributed by atoms with Crippen molar-refractivity contribution in [3.8, 4) is 0 Å². The topological polar surface area (TPSA) is 75.5 Å². The summed E-state index contributed by atoms with van der Waals surface area (Å²) in [4.78, 5) is 29.9. The second-order valence-corrected chi connectivity index (χ2v) is 7.19. The first-order valence-corrected chi connectivity index (χ1v) is 9.78. The number of carbonyl (C=O) groups excluding carboxylic acids is 2. The molecule has 0 aliphatic heterocycles. The van der Waals surface area contributed by atoms with Crippen molar-refractivity contribution < 1.29 is 9.59 Å². The molecule has 6 nitrogen and oxygen atoms in total. The molecule has 4 rings (SSSR count). The zero-order chi connectivity index (χ0) is 19.5. The molecule has 0 spiro atoms. The standard InChI is InChI=1S/C22H24N4O2/c1-23-21(27)16-11-5-6-12-17(16)24-22(28)19-18-13-7-8-14-26(18)20(25-19)15-9-3-2-4-10-15/h5-8,11-15H,2-4,9-10H2,1H3,(H,23,27)(H,24,28). The molecule has 3 aromatic rings. The van der Waals surface area contributed by atoms with Crippen LogP contribution in [0.1, 0.15) is 64.7 Å². The largest absolute Gasteiger partial charge is 0.355 e. The van der Waals surface area contributed by atoms with Crippen molar-refractivity contribution in [3.05, 3.63) is 65.7 Å². The number of hydrogen-bond acceptors (Lipinski definition) is 3. The van der Waals surface area contributed by atoms with Crippen molar-refractivity contribution in [1.82, 2.24) is 14.7 Å². The van der Waals surface area contributed by atoms with E-state index in [1.165, 1.54) is 19.3 Å². The molecule has 0 bridgehead atoms. The van der Waals surface area contributed by atoms with Gasteiger partial charge >= 0.3 is 0 Å². The molecule has 144 valence electrons. The zero-order valence-electron chi connectivity index (χ0n) is 15.9. The second-order valence-electron chi connectivity index (χ2n) is 7.19. The van der Waals surface area contributed by atoms with E-state index in [2.05, 4.69) is 10.6 Å². The fourth-order valence-electron chi connectivity index (χ4n) is 3.98. The van der Waals surface area contributed by atoms with Gasteiger partial charge in [0.15, 0.2) is 5.69 Å². The predicted octanol–water partition coefficient (Wildman–Crippen LogP) is 3.99. The minimum atomic E-state index is -0.304. The minimum Gasteiger partial charge on any atom is -0.355 e. The van der Waals surface area contributed by atoms with Crippen LogP contribution < -0.4 is 10.6 Å². The molecule has 1 aliphatic carbocycles. The van der Waals surface area contributed by atoms with Gasteiger partial charge < -0.3 is 15.0 Å². The average Bonchev–Trinajstić information content (AvgIpc) is 3.14. The van der Waals surface area contributed by atoms with E-state index in [9.17, 15) is 9.59 Å². The van der Waals surface area contributed by atoms with Gasteiger partial charge in [0, 0.05) is 19.2 Å². The average molecular weight is 376 g/mol. The Morgan fingerprint density at radius 1 is 1.00 bits per heavy atom. The zero-order valence-corrected chi connectivity index (χ0v) is 15.9. The molecule has 1 aliphatic rings. The maximum atomic E-state index is 13.1. The van der Waals surface area contributed by atoms with Gasteiger partial charge in [-0.05, 0) is 37.1 Å². The molecule has 2 aromatic heterocycles. The van der Waals surface area contributed by atoms with E-state index >= 15 is 0 Å². The van der Waals surface area contributed by atoms with Gasteiger partial charge in [0.05, 0.1) is 16.8 Å². The number of aromatic nitrogens is 2. The Morgan fingerprint density at radius 3 is 2.54 bits per heavy atom. The maximum Gasteiger partial charge on any atom is 0.276 e. The van der Waals surface area contributed by atoms with Crippen LogP contribution in [0.3, 0.4) is 0 Å². The van der Waals surface area contributed by atoms with Crippen molar-refractivity contribution in [2.75, 3.05) is 12.4 Å². The van der Waals surface area contributed by atoms with Crippen LogP contribution >= 0.6 is 0 Å². The maximum absolute atomic E-state index is 13.1. The summed E-state index contributed by atoms with van der Waals surface area (Å²) in [5.74, 6) is 0.791. The smallest absolute Gasteiger partial charge is 0.276 e. The van der Waals surface area contributed by atoms with Crippen LogP contribution in [0.15, 0.2) is 48.7 Å². The number of fused-ring (bicyclic) bond motifs is 1. The molecule has 2 heterocycles. The number of nitrogens with one attached hydrogen (secondary N) is 2. The predicted molar refractivity (Wildman–Crippen MR) is 109 cm³/mol. The van der Waals surface area contributed by atoms with Gasteiger partial charge in [-0.3, -0.25) is 9.59 Å². The number of benzene rings is 1. The summed E-state index contributed by atoms with van der Waals surface area (Å²) in [6.45, 7) is 0. The molecule has 28 heavy (non-hydrogen) atoms. The number of nitrogens with zero attached hydrogens (tertiary/aromatic N) is 2. The fraction of sp³-hybridized carbons (Fsp3) is 0.318. The Hall–Kier alpha value is -3.15. The SMILES string of the molecule is CNC(=O)c1ccccc1NC(=O)c1nc(C2CCCCC2)n2ccccc12. The molecule has 6 heteroatoms. The quantitative estimate of drug-likeness (QED) is 0.723. The monoisotopic (exact) mass is 376 g/mol. The van der Waals surface area contributed by atoms with Crippen LogP contribution in [-0.2, 0) is 0 Å². The summed E-state index contributed by atoms with van der Waals surface area (Å²) < 4.78 is 2.04. The lowest BCUT2D eigenvalue weighted by Gasteiger charge is -2.20. The molecule has 0 radical (unpaired) electrons. The fourth-order valence-corrected chi connectivity index (χ4v) is 3.98. The van der Waals surface area contributed by atoms with Crippen molar-refractivity contribution in [3.63, 3.8) is 0 Å². The van der Waals surface area contributed by atoms with Gasteiger partial charge in [0.1, 0.15) is 5.82 Å². The highest BCUT2D eigenvalue weighted by molar-refractivity contribution is 6.11. The first kappa shape index (κ1) is 18.2. The molecule has 0 atom stereocenters. The van der Waals surface area contributed by atoms with Crippen LogP contribution in [0.25, 0.3) is 5.52 Å². The molecule has 1 saturated carbocycles. The van der Waals surface area contributed by atoms with E-state index in [0.29, 0.717) is 22.9 Å². The Kier molecular flexibility index (Phi) is 5.10. The highest BCUT2D eigenvalue weighted by Gasteiger charge is 2.25. The number of anilines is 1. The summed E-state index contributed by atoms with van der Waals surface area (Å²) in [5.41, 5.74) is 2.09.